The van der Waals surface area contributed by atoms with Gasteiger partial charge in [-0.25, -0.2) is 8.78 Å². The second-order valence-electron chi connectivity index (χ2n) is 2.69. The van der Waals surface area contributed by atoms with Gasteiger partial charge in [-0.2, -0.15) is 0 Å². The molecular weight excluding hydrogens is 176 g/mol. The van der Waals surface area contributed by atoms with Crippen LogP contribution in [-0.2, 0) is 0 Å². The van der Waals surface area contributed by atoms with E-state index in [1.807, 2.05) is 0 Å². The standard InChI is InChI=1S/C9H11F2NO/c1-13-8-3-6(9(12)5-10)2-7(11)4-8/h2-4,9H,5,12H2,1H3/t9-/m1/s1. The zero-order chi connectivity index (χ0) is 9.84. The zero-order valence-corrected chi connectivity index (χ0v) is 7.26. The van der Waals surface area contributed by atoms with Gasteiger partial charge >= 0.3 is 0 Å². The molecule has 0 heterocycles. The summed E-state index contributed by atoms with van der Waals surface area (Å²) in [5.41, 5.74) is 5.79. The van der Waals surface area contributed by atoms with Gasteiger partial charge < -0.3 is 10.5 Å². The number of halogens is 2. The average Bonchev–Trinajstić information content (AvgIpc) is 2.15. The van der Waals surface area contributed by atoms with E-state index < -0.39 is 18.5 Å². The third-order valence-corrected chi connectivity index (χ3v) is 1.72. The van der Waals surface area contributed by atoms with E-state index in [1.165, 1.54) is 25.3 Å². The van der Waals surface area contributed by atoms with E-state index in [0.717, 1.165) is 0 Å². The summed E-state index contributed by atoms with van der Waals surface area (Å²) in [7, 11) is 1.42. The summed E-state index contributed by atoms with van der Waals surface area (Å²) in [6, 6.07) is 3.15. The first-order valence-electron chi connectivity index (χ1n) is 3.83. The Morgan fingerprint density at radius 1 is 1.46 bits per heavy atom. The molecule has 0 unspecified atom stereocenters. The fourth-order valence-electron chi connectivity index (χ4n) is 1.01. The Kier molecular flexibility index (Phi) is 3.19. The Morgan fingerprint density at radius 3 is 2.69 bits per heavy atom. The highest BCUT2D eigenvalue weighted by molar-refractivity contribution is 5.31. The van der Waals surface area contributed by atoms with Gasteiger partial charge in [0, 0.05) is 6.07 Å². The molecular formula is C9H11F2NO. The Bertz CT molecular complexity index is 291. The fraction of sp³-hybridized carbons (Fsp3) is 0.333. The minimum Gasteiger partial charge on any atom is -0.497 e. The van der Waals surface area contributed by atoms with Crippen LogP contribution in [0.2, 0.25) is 0 Å². The quantitative estimate of drug-likeness (QED) is 0.783. The van der Waals surface area contributed by atoms with Crippen LogP contribution in [0.25, 0.3) is 0 Å². The van der Waals surface area contributed by atoms with Crippen molar-refractivity contribution in [2.75, 3.05) is 13.8 Å². The molecule has 0 fully saturated rings. The van der Waals surface area contributed by atoms with E-state index in [0.29, 0.717) is 11.3 Å². The Balaban J connectivity index is 3.01. The smallest absolute Gasteiger partial charge is 0.127 e. The van der Waals surface area contributed by atoms with Crippen molar-refractivity contribution in [1.29, 1.82) is 0 Å². The lowest BCUT2D eigenvalue weighted by atomic mass is 10.1. The van der Waals surface area contributed by atoms with Gasteiger partial charge in [0.05, 0.1) is 13.2 Å². The lowest BCUT2D eigenvalue weighted by molar-refractivity contribution is 0.406. The molecule has 1 rings (SSSR count). The number of hydrogen-bond donors (Lipinski definition) is 1. The van der Waals surface area contributed by atoms with Gasteiger partial charge in [-0.15, -0.1) is 0 Å². The Morgan fingerprint density at radius 2 is 2.15 bits per heavy atom. The van der Waals surface area contributed by atoms with E-state index in [1.54, 1.807) is 0 Å². The van der Waals surface area contributed by atoms with Crippen LogP contribution in [0.4, 0.5) is 8.78 Å². The fourth-order valence-corrected chi connectivity index (χ4v) is 1.01. The summed E-state index contributed by atoms with van der Waals surface area (Å²) >= 11 is 0. The van der Waals surface area contributed by atoms with Crippen LogP contribution in [0.5, 0.6) is 5.75 Å². The minimum absolute atomic E-state index is 0.346. The third-order valence-electron chi connectivity index (χ3n) is 1.72. The summed E-state index contributed by atoms with van der Waals surface area (Å²) in [6.45, 7) is -0.716. The third kappa shape index (κ3) is 2.39. The molecule has 0 aliphatic rings. The van der Waals surface area contributed by atoms with Crippen LogP contribution >= 0.6 is 0 Å². The van der Waals surface area contributed by atoms with Crippen LogP contribution in [0.15, 0.2) is 18.2 Å². The summed E-state index contributed by atoms with van der Waals surface area (Å²) in [4.78, 5) is 0. The molecule has 2 N–H and O–H groups in total. The lowest BCUT2D eigenvalue weighted by Crippen LogP contribution is -2.12. The molecule has 1 aromatic carbocycles. The van der Waals surface area contributed by atoms with Crippen molar-refractivity contribution in [2.45, 2.75) is 6.04 Å². The van der Waals surface area contributed by atoms with Gasteiger partial charge in [0.1, 0.15) is 18.2 Å². The summed E-state index contributed by atoms with van der Waals surface area (Å²) in [5.74, 6) is -0.128. The van der Waals surface area contributed by atoms with Crippen LogP contribution in [0.1, 0.15) is 11.6 Å². The number of rotatable bonds is 3. The predicted molar refractivity (Wildman–Crippen MR) is 45.9 cm³/mol. The summed E-state index contributed by atoms with van der Waals surface area (Å²) < 4.78 is 29.8. The molecule has 4 heteroatoms. The van der Waals surface area contributed by atoms with E-state index in [9.17, 15) is 8.78 Å². The summed E-state index contributed by atoms with van der Waals surface area (Å²) in [5, 5.41) is 0. The maximum absolute atomic E-state index is 12.9. The number of alkyl halides is 1. The molecule has 0 radical (unpaired) electrons. The Hall–Kier alpha value is -1.16. The highest BCUT2D eigenvalue weighted by Crippen LogP contribution is 2.20. The van der Waals surface area contributed by atoms with Gasteiger partial charge in [0.25, 0.3) is 0 Å². The second kappa shape index (κ2) is 4.18. The molecule has 1 aromatic rings. The number of methoxy groups -OCH3 is 1. The molecule has 0 spiro atoms. The molecule has 13 heavy (non-hydrogen) atoms. The van der Waals surface area contributed by atoms with Crippen molar-refractivity contribution in [2.24, 2.45) is 5.73 Å². The van der Waals surface area contributed by atoms with E-state index >= 15 is 0 Å². The normalized spacial score (nSPS) is 12.6. The topological polar surface area (TPSA) is 35.2 Å². The van der Waals surface area contributed by atoms with Crippen LogP contribution < -0.4 is 10.5 Å². The number of benzene rings is 1. The monoisotopic (exact) mass is 187 g/mol. The van der Waals surface area contributed by atoms with Crippen molar-refractivity contribution in [3.05, 3.63) is 29.6 Å². The highest BCUT2D eigenvalue weighted by atomic mass is 19.1. The first-order chi connectivity index (χ1) is 6.17. The molecule has 1 atom stereocenters. The van der Waals surface area contributed by atoms with E-state index in [4.69, 9.17) is 10.5 Å². The number of nitrogens with two attached hydrogens (primary N) is 1. The largest absolute Gasteiger partial charge is 0.497 e. The molecule has 2 nitrogen and oxygen atoms in total. The lowest BCUT2D eigenvalue weighted by Gasteiger charge is -2.09. The minimum atomic E-state index is -0.787. The summed E-state index contributed by atoms with van der Waals surface area (Å²) in [6.07, 6.45) is 0. The first kappa shape index (κ1) is 9.92. The van der Waals surface area contributed by atoms with E-state index in [-0.39, 0.29) is 0 Å². The van der Waals surface area contributed by atoms with Gasteiger partial charge in [-0.1, -0.05) is 0 Å². The first-order valence-corrected chi connectivity index (χ1v) is 3.83. The highest BCUT2D eigenvalue weighted by Gasteiger charge is 2.08. The second-order valence-corrected chi connectivity index (χ2v) is 2.69. The van der Waals surface area contributed by atoms with Crippen molar-refractivity contribution in [1.82, 2.24) is 0 Å². The molecule has 0 saturated carbocycles. The van der Waals surface area contributed by atoms with Gasteiger partial charge in [0.15, 0.2) is 0 Å². The number of hydrogen-bond acceptors (Lipinski definition) is 2. The predicted octanol–water partition coefficient (Wildman–Crippen LogP) is 1.80. The SMILES string of the molecule is COc1cc(F)cc([C@H](N)CF)c1. The van der Waals surface area contributed by atoms with Gasteiger partial charge in [-0.05, 0) is 17.7 Å². The molecule has 72 valence electrons. The van der Waals surface area contributed by atoms with Crippen LogP contribution in [0.3, 0.4) is 0 Å². The van der Waals surface area contributed by atoms with Crippen molar-refractivity contribution < 1.29 is 13.5 Å². The molecule has 0 aliphatic heterocycles. The maximum Gasteiger partial charge on any atom is 0.127 e. The van der Waals surface area contributed by atoms with Gasteiger partial charge in [0.2, 0.25) is 0 Å². The van der Waals surface area contributed by atoms with Crippen LogP contribution in [0, 0.1) is 5.82 Å². The van der Waals surface area contributed by atoms with Crippen molar-refractivity contribution >= 4 is 0 Å². The maximum atomic E-state index is 12.9. The van der Waals surface area contributed by atoms with Crippen molar-refractivity contribution in [3.63, 3.8) is 0 Å². The molecule has 0 saturated heterocycles. The molecule has 0 amide bonds. The van der Waals surface area contributed by atoms with E-state index in [2.05, 4.69) is 0 Å². The average molecular weight is 187 g/mol. The molecule has 0 aliphatic carbocycles. The van der Waals surface area contributed by atoms with Crippen molar-refractivity contribution in [3.8, 4) is 5.75 Å². The molecule has 0 bridgehead atoms. The molecule has 0 aromatic heterocycles. The Labute approximate surface area is 75.3 Å². The van der Waals surface area contributed by atoms with Crippen LogP contribution in [-0.4, -0.2) is 13.8 Å². The number of ether oxygens (including phenoxy) is 1. The van der Waals surface area contributed by atoms with Gasteiger partial charge in [-0.3, -0.25) is 0 Å². The zero-order valence-electron chi connectivity index (χ0n) is 7.26.